The number of amides is 1. The number of nitrogens with zero attached hydrogens (tertiary/aromatic N) is 4. The highest BCUT2D eigenvalue weighted by Gasteiger charge is 2.27. The quantitative estimate of drug-likeness (QED) is 0.642. The van der Waals surface area contributed by atoms with Gasteiger partial charge in [0.15, 0.2) is 0 Å². The summed E-state index contributed by atoms with van der Waals surface area (Å²) in [6.45, 7) is 1.24. The average molecular weight is 392 g/mol. The third kappa shape index (κ3) is 4.43. The van der Waals surface area contributed by atoms with E-state index in [1.54, 1.807) is 13.2 Å². The van der Waals surface area contributed by atoms with Crippen molar-refractivity contribution in [3.05, 3.63) is 65.9 Å². The number of rotatable bonds is 7. The molecule has 1 aromatic carbocycles. The molecule has 8 nitrogen and oxygen atoms in total. The normalized spacial score (nSPS) is 15.6. The molecular weight excluding hydrogens is 368 g/mol. The van der Waals surface area contributed by atoms with Crippen molar-refractivity contribution in [2.75, 3.05) is 19.0 Å². The van der Waals surface area contributed by atoms with Gasteiger partial charge in [0.2, 0.25) is 0 Å². The summed E-state index contributed by atoms with van der Waals surface area (Å²) < 4.78 is 7.12. The fourth-order valence-electron chi connectivity index (χ4n) is 3.61. The Labute approximate surface area is 169 Å². The summed E-state index contributed by atoms with van der Waals surface area (Å²) in [6, 6.07) is 11.3. The number of anilines is 2. The number of para-hydroxylation sites is 1. The minimum absolute atomic E-state index is 0.0916. The SMILES string of the molecule is COCCn1ncc2c1C(NC(=O)c1cc(Nc3ccccc3)ncn1)CCC2. The van der Waals surface area contributed by atoms with E-state index in [1.807, 2.05) is 41.2 Å². The third-order valence-corrected chi connectivity index (χ3v) is 4.99. The van der Waals surface area contributed by atoms with Crippen LogP contribution in [-0.2, 0) is 17.7 Å². The maximum atomic E-state index is 12.9. The van der Waals surface area contributed by atoms with Gasteiger partial charge in [0.25, 0.3) is 5.91 Å². The number of fused-ring (bicyclic) bond motifs is 1. The van der Waals surface area contributed by atoms with Crippen molar-refractivity contribution < 1.29 is 9.53 Å². The molecule has 0 radical (unpaired) electrons. The van der Waals surface area contributed by atoms with Crippen molar-refractivity contribution in [2.24, 2.45) is 0 Å². The minimum atomic E-state index is -0.221. The number of nitrogens with one attached hydrogen (secondary N) is 2. The number of hydrogen-bond donors (Lipinski definition) is 2. The number of ether oxygens (including phenoxy) is 1. The molecule has 0 saturated heterocycles. The topological polar surface area (TPSA) is 94.0 Å². The first kappa shape index (κ1) is 19.1. The van der Waals surface area contributed by atoms with Crippen LogP contribution in [0, 0.1) is 0 Å². The molecular formula is C21H24N6O2. The fourth-order valence-corrected chi connectivity index (χ4v) is 3.61. The van der Waals surface area contributed by atoms with Gasteiger partial charge in [-0.25, -0.2) is 9.97 Å². The van der Waals surface area contributed by atoms with Crippen LogP contribution in [0.3, 0.4) is 0 Å². The zero-order valence-corrected chi connectivity index (χ0v) is 16.3. The van der Waals surface area contributed by atoms with Crippen molar-refractivity contribution >= 4 is 17.4 Å². The lowest BCUT2D eigenvalue weighted by Gasteiger charge is -2.25. The van der Waals surface area contributed by atoms with E-state index in [0.717, 1.165) is 30.6 Å². The number of carbonyl (C=O) groups is 1. The van der Waals surface area contributed by atoms with Gasteiger partial charge < -0.3 is 15.4 Å². The van der Waals surface area contributed by atoms with Crippen LogP contribution in [-0.4, -0.2) is 39.4 Å². The lowest BCUT2D eigenvalue weighted by Crippen LogP contribution is -2.33. The Morgan fingerprint density at radius 1 is 1.28 bits per heavy atom. The molecule has 0 aliphatic heterocycles. The van der Waals surface area contributed by atoms with Gasteiger partial charge in [0, 0.05) is 18.9 Å². The number of benzene rings is 1. The van der Waals surface area contributed by atoms with Gasteiger partial charge in [-0.1, -0.05) is 18.2 Å². The first-order chi connectivity index (χ1) is 14.2. The molecule has 1 atom stereocenters. The van der Waals surface area contributed by atoms with Gasteiger partial charge in [-0.15, -0.1) is 0 Å². The summed E-state index contributed by atoms with van der Waals surface area (Å²) in [7, 11) is 1.67. The van der Waals surface area contributed by atoms with E-state index in [9.17, 15) is 4.79 Å². The zero-order valence-electron chi connectivity index (χ0n) is 16.3. The molecule has 1 aliphatic carbocycles. The van der Waals surface area contributed by atoms with Crippen LogP contribution >= 0.6 is 0 Å². The highest BCUT2D eigenvalue weighted by Crippen LogP contribution is 2.30. The Morgan fingerprint density at radius 2 is 2.14 bits per heavy atom. The number of carbonyl (C=O) groups excluding carboxylic acids is 1. The third-order valence-electron chi connectivity index (χ3n) is 4.99. The summed E-state index contributed by atoms with van der Waals surface area (Å²) in [6.07, 6.45) is 6.16. The van der Waals surface area contributed by atoms with Gasteiger partial charge in [0.1, 0.15) is 17.8 Å². The molecule has 2 heterocycles. The largest absolute Gasteiger partial charge is 0.383 e. The van der Waals surface area contributed by atoms with E-state index in [2.05, 4.69) is 25.7 Å². The highest BCUT2D eigenvalue weighted by molar-refractivity contribution is 5.93. The van der Waals surface area contributed by atoms with E-state index in [-0.39, 0.29) is 11.9 Å². The van der Waals surface area contributed by atoms with Gasteiger partial charge in [-0.2, -0.15) is 5.10 Å². The van der Waals surface area contributed by atoms with Gasteiger partial charge in [-0.3, -0.25) is 9.48 Å². The van der Waals surface area contributed by atoms with Crippen molar-refractivity contribution in [1.82, 2.24) is 25.1 Å². The summed E-state index contributed by atoms with van der Waals surface area (Å²) in [5, 5.41) is 10.8. The molecule has 8 heteroatoms. The Kier molecular flexibility index (Phi) is 5.81. The molecule has 0 bridgehead atoms. The van der Waals surface area contributed by atoms with Crippen LogP contribution in [0.5, 0.6) is 0 Å². The summed E-state index contributed by atoms with van der Waals surface area (Å²) in [5.41, 5.74) is 3.48. The molecule has 3 aromatic rings. The number of hydrogen-bond acceptors (Lipinski definition) is 6. The molecule has 29 heavy (non-hydrogen) atoms. The van der Waals surface area contributed by atoms with E-state index >= 15 is 0 Å². The Bertz CT molecular complexity index is 972. The van der Waals surface area contributed by atoms with E-state index < -0.39 is 0 Å². The first-order valence-corrected chi connectivity index (χ1v) is 9.73. The fraction of sp³-hybridized carbons (Fsp3) is 0.333. The highest BCUT2D eigenvalue weighted by atomic mass is 16.5. The van der Waals surface area contributed by atoms with Crippen molar-refractivity contribution in [1.29, 1.82) is 0 Å². The lowest BCUT2D eigenvalue weighted by molar-refractivity contribution is 0.0924. The van der Waals surface area contributed by atoms with Gasteiger partial charge in [-0.05, 0) is 37.0 Å². The predicted molar refractivity (Wildman–Crippen MR) is 109 cm³/mol. The molecule has 1 unspecified atom stereocenters. The second-order valence-electron chi connectivity index (χ2n) is 6.97. The second-order valence-corrected chi connectivity index (χ2v) is 6.97. The Hall–Kier alpha value is -3.26. The van der Waals surface area contributed by atoms with Gasteiger partial charge >= 0.3 is 0 Å². The summed E-state index contributed by atoms with van der Waals surface area (Å²) >= 11 is 0. The average Bonchev–Trinajstić information content (AvgIpc) is 3.17. The van der Waals surface area contributed by atoms with Crippen LogP contribution in [0.4, 0.5) is 11.5 Å². The Morgan fingerprint density at radius 3 is 2.97 bits per heavy atom. The van der Waals surface area contributed by atoms with Crippen molar-refractivity contribution in [2.45, 2.75) is 31.8 Å². The first-order valence-electron chi connectivity index (χ1n) is 9.73. The lowest BCUT2D eigenvalue weighted by atomic mass is 9.93. The van der Waals surface area contributed by atoms with E-state index in [1.165, 1.54) is 11.9 Å². The summed E-state index contributed by atoms with van der Waals surface area (Å²) in [5.74, 6) is 0.353. The maximum Gasteiger partial charge on any atom is 0.270 e. The van der Waals surface area contributed by atoms with E-state index in [0.29, 0.717) is 24.7 Å². The number of aromatic nitrogens is 4. The van der Waals surface area contributed by atoms with Crippen LogP contribution in [0.2, 0.25) is 0 Å². The molecule has 0 saturated carbocycles. The molecule has 2 aromatic heterocycles. The molecule has 0 fully saturated rings. The van der Waals surface area contributed by atoms with Crippen molar-refractivity contribution in [3.63, 3.8) is 0 Å². The predicted octanol–water partition coefficient (Wildman–Crippen LogP) is 2.87. The molecule has 4 rings (SSSR count). The van der Waals surface area contributed by atoms with Crippen LogP contribution in [0.15, 0.2) is 48.9 Å². The molecule has 2 N–H and O–H groups in total. The van der Waals surface area contributed by atoms with Crippen LogP contribution < -0.4 is 10.6 Å². The molecule has 150 valence electrons. The van der Waals surface area contributed by atoms with Crippen LogP contribution in [0.1, 0.15) is 40.6 Å². The number of aryl methyl sites for hydroxylation is 1. The summed E-state index contributed by atoms with van der Waals surface area (Å²) in [4.78, 5) is 21.3. The number of methoxy groups -OCH3 is 1. The molecule has 0 spiro atoms. The molecule has 1 aliphatic rings. The Balaban J connectivity index is 1.49. The monoisotopic (exact) mass is 392 g/mol. The smallest absolute Gasteiger partial charge is 0.270 e. The van der Waals surface area contributed by atoms with Crippen LogP contribution in [0.25, 0.3) is 0 Å². The molecule has 1 amide bonds. The zero-order chi connectivity index (χ0) is 20.1. The van der Waals surface area contributed by atoms with Crippen molar-refractivity contribution in [3.8, 4) is 0 Å². The minimum Gasteiger partial charge on any atom is -0.383 e. The second kappa shape index (κ2) is 8.83. The van der Waals surface area contributed by atoms with Gasteiger partial charge in [0.05, 0.1) is 31.1 Å². The van der Waals surface area contributed by atoms with E-state index in [4.69, 9.17) is 4.74 Å². The maximum absolute atomic E-state index is 12.9. The standard InChI is InChI=1S/C21H24N6O2/c1-29-11-10-27-20-15(13-24-27)6-5-9-17(20)26-21(28)18-12-19(23-14-22-18)25-16-7-3-2-4-8-16/h2-4,7-8,12-14,17H,5-6,9-11H2,1H3,(H,26,28)(H,22,23,25).